The van der Waals surface area contributed by atoms with Gasteiger partial charge in [-0.15, -0.1) is 0 Å². The highest BCUT2D eigenvalue weighted by molar-refractivity contribution is 7.98. The lowest BCUT2D eigenvalue weighted by molar-refractivity contribution is 0.707. The third kappa shape index (κ3) is 5.85. The number of hydrogen-bond donors (Lipinski definition) is 1. The molecule has 84 valence electrons. The molecule has 0 saturated heterocycles. The molecule has 0 atom stereocenters. The minimum Gasteiger partial charge on any atom is -0.316 e. The first-order valence-corrected chi connectivity index (χ1v) is 6.82. The maximum absolute atomic E-state index is 3.41. The molecule has 0 aromatic heterocycles. The quantitative estimate of drug-likeness (QED) is 0.712. The summed E-state index contributed by atoms with van der Waals surface area (Å²) >= 11 is 2.00. The Balaban J connectivity index is 2.10. The van der Waals surface area contributed by atoms with Gasteiger partial charge in [-0.25, -0.2) is 0 Å². The molecule has 0 fully saturated rings. The number of thioether (sulfide) groups is 1. The standard InChI is InChI=1S/C13H21NS/c1-3-7-14-8-9-15-11-13-6-4-5-12(2)10-13/h4-6,10,14H,3,7-9,11H2,1-2H3. The van der Waals surface area contributed by atoms with Crippen molar-refractivity contribution in [1.82, 2.24) is 5.32 Å². The lowest BCUT2D eigenvalue weighted by Gasteiger charge is -2.04. The largest absolute Gasteiger partial charge is 0.316 e. The Kier molecular flexibility index (Phi) is 6.53. The number of hydrogen-bond acceptors (Lipinski definition) is 2. The third-order valence-corrected chi connectivity index (χ3v) is 3.23. The summed E-state index contributed by atoms with van der Waals surface area (Å²) in [6.45, 7) is 6.62. The maximum atomic E-state index is 3.41. The average Bonchev–Trinajstić information content (AvgIpc) is 2.23. The van der Waals surface area contributed by atoms with Crippen molar-refractivity contribution in [3.05, 3.63) is 35.4 Å². The van der Waals surface area contributed by atoms with Crippen LogP contribution in [0.5, 0.6) is 0 Å². The predicted molar refractivity (Wildman–Crippen MR) is 70.5 cm³/mol. The van der Waals surface area contributed by atoms with E-state index < -0.39 is 0 Å². The van der Waals surface area contributed by atoms with Crippen LogP contribution in [0.15, 0.2) is 24.3 Å². The number of nitrogens with one attached hydrogen (secondary N) is 1. The molecule has 0 unspecified atom stereocenters. The van der Waals surface area contributed by atoms with Crippen LogP contribution in [0.1, 0.15) is 24.5 Å². The second-order valence-corrected chi connectivity index (χ2v) is 4.90. The van der Waals surface area contributed by atoms with Crippen LogP contribution in [-0.2, 0) is 5.75 Å². The van der Waals surface area contributed by atoms with E-state index in [1.165, 1.54) is 23.3 Å². The molecule has 2 heteroatoms. The van der Waals surface area contributed by atoms with Crippen LogP contribution in [-0.4, -0.2) is 18.8 Å². The summed E-state index contributed by atoms with van der Waals surface area (Å²) in [5.74, 6) is 2.34. The molecule has 0 radical (unpaired) electrons. The second kappa shape index (κ2) is 7.77. The van der Waals surface area contributed by atoms with Crippen molar-refractivity contribution < 1.29 is 0 Å². The van der Waals surface area contributed by atoms with Gasteiger partial charge < -0.3 is 5.32 Å². The van der Waals surface area contributed by atoms with Crippen LogP contribution < -0.4 is 5.32 Å². The molecule has 1 aromatic rings. The Morgan fingerprint density at radius 2 is 2.13 bits per heavy atom. The fourth-order valence-electron chi connectivity index (χ4n) is 1.44. The van der Waals surface area contributed by atoms with Gasteiger partial charge in [0.25, 0.3) is 0 Å². The Hall–Kier alpha value is -0.470. The van der Waals surface area contributed by atoms with Crippen molar-refractivity contribution in [1.29, 1.82) is 0 Å². The first-order valence-electron chi connectivity index (χ1n) is 5.67. The smallest absolute Gasteiger partial charge is 0.0185 e. The van der Waals surface area contributed by atoms with Gasteiger partial charge in [-0.05, 0) is 25.5 Å². The van der Waals surface area contributed by atoms with Crippen molar-refractivity contribution in [2.24, 2.45) is 0 Å². The summed E-state index contributed by atoms with van der Waals surface area (Å²) in [6.07, 6.45) is 1.22. The number of benzene rings is 1. The molecule has 0 aliphatic carbocycles. The average molecular weight is 223 g/mol. The lowest BCUT2D eigenvalue weighted by atomic mass is 10.2. The van der Waals surface area contributed by atoms with Crippen LogP contribution in [0.2, 0.25) is 0 Å². The van der Waals surface area contributed by atoms with Crippen LogP contribution in [0.4, 0.5) is 0 Å². The van der Waals surface area contributed by atoms with E-state index in [0.717, 1.165) is 18.8 Å². The fourth-order valence-corrected chi connectivity index (χ4v) is 2.29. The zero-order chi connectivity index (χ0) is 10.9. The molecule has 0 saturated carbocycles. The van der Waals surface area contributed by atoms with Gasteiger partial charge in [0.15, 0.2) is 0 Å². The minimum absolute atomic E-state index is 1.13. The monoisotopic (exact) mass is 223 g/mol. The van der Waals surface area contributed by atoms with Crippen molar-refractivity contribution in [2.45, 2.75) is 26.0 Å². The summed E-state index contributed by atoms with van der Waals surface area (Å²) in [4.78, 5) is 0. The molecular formula is C13H21NS. The van der Waals surface area contributed by atoms with E-state index in [9.17, 15) is 0 Å². The minimum atomic E-state index is 1.13. The highest BCUT2D eigenvalue weighted by atomic mass is 32.2. The van der Waals surface area contributed by atoms with Gasteiger partial charge in [0.1, 0.15) is 0 Å². The first kappa shape index (κ1) is 12.6. The van der Waals surface area contributed by atoms with Crippen molar-refractivity contribution in [3.63, 3.8) is 0 Å². The normalized spacial score (nSPS) is 10.5. The Morgan fingerprint density at radius 1 is 1.27 bits per heavy atom. The maximum Gasteiger partial charge on any atom is 0.0185 e. The molecule has 15 heavy (non-hydrogen) atoms. The lowest BCUT2D eigenvalue weighted by Crippen LogP contribution is -2.17. The molecule has 1 rings (SSSR count). The van der Waals surface area contributed by atoms with Gasteiger partial charge in [0, 0.05) is 18.1 Å². The summed E-state index contributed by atoms with van der Waals surface area (Å²) in [7, 11) is 0. The molecule has 0 amide bonds. The molecule has 1 N–H and O–H groups in total. The summed E-state index contributed by atoms with van der Waals surface area (Å²) in [5.41, 5.74) is 2.80. The van der Waals surface area contributed by atoms with Gasteiger partial charge >= 0.3 is 0 Å². The predicted octanol–water partition coefficient (Wildman–Crippen LogP) is 3.23. The van der Waals surface area contributed by atoms with E-state index in [1.54, 1.807) is 0 Å². The van der Waals surface area contributed by atoms with Crippen LogP contribution >= 0.6 is 11.8 Å². The van der Waals surface area contributed by atoms with Crippen LogP contribution in [0, 0.1) is 6.92 Å². The van der Waals surface area contributed by atoms with Crippen LogP contribution in [0.3, 0.4) is 0 Å². The van der Waals surface area contributed by atoms with Crippen molar-refractivity contribution >= 4 is 11.8 Å². The summed E-state index contributed by atoms with van der Waals surface area (Å²) in [5, 5.41) is 3.41. The highest BCUT2D eigenvalue weighted by Gasteiger charge is 1.93. The van der Waals surface area contributed by atoms with E-state index in [0.29, 0.717) is 0 Å². The third-order valence-electron chi connectivity index (χ3n) is 2.20. The van der Waals surface area contributed by atoms with Crippen LogP contribution in [0.25, 0.3) is 0 Å². The van der Waals surface area contributed by atoms with E-state index >= 15 is 0 Å². The SMILES string of the molecule is CCCNCCSCc1cccc(C)c1. The van der Waals surface area contributed by atoms with E-state index in [4.69, 9.17) is 0 Å². The molecule has 0 heterocycles. The Bertz CT molecular complexity index is 273. The molecular weight excluding hydrogens is 202 g/mol. The number of rotatable bonds is 7. The van der Waals surface area contributed by atoms with Gasteiger partial charge in [-0.3, -0.25) is 0 Å². The molecule has 0 aliphatic rings. The van der Waals surface area contributed by atoms with E-state index in [2.05, 4.69) is 43.4 Å². The molecule has 1 aromatic carbocycles. The molecule has 0 aliphatic heterocycles. The topological polar surface area (TPSA) is 12.0 Å². The fraction of sp³-hybridized carbons (Fsp3) is 0.538. The Labute approximate surface area is 97.7 Å². The van der Waals surface area contributed by atoms with Gasteiger partial charge in [-0.2, -0.15) is 11.8 Å². The van der Waals surface area contributed by atoms with Gasteiger partial charge in [0.2, 0.25) is 0 Å². The summed E-state index contributed by atoms with van der Waals surface area (Å²) < 4.78 is 0. The van der Waals surface area contributed by atoms with E-state index in [-0.39, 0.29) is 0 Å². The van der Waals surface area contributed by atoms with Crippen molar-refractivity contribution in [2.75, 3.05) is 18.8 Å². The second-order valence-electron chi connectivity index (χ2n) is 3.79. The molecule has 0 spiro atoms. The highest BCUT2D eigenvalue weighted by Crippen LogP contribution is 2.12. The van der Waals surface area contributed by atoms with E-state index in [1.807, 2.05) is 11.8 Å². The van der Waals surface area contributed by atoms with Crippen molar-refractivity contribution in [3.8, 4) is 0 Å². The Morgan fingerprint density at radius 3 is 2.87 bits per heavy atom. The first-order chi connectivity index (χ1) is 7.33. The van der Waals surface area contributed by atoms with Gasteiger partial charge in [0.05, 0.1) is 0 Å². The molecule has 1 nitrogen and oxygen atoms in total. The molecule has 0 bridgehead atoms. The zero-order valence-electron chi connectivity index (χ0n) is 9.75. The zero-order valence-corrected chi connectivity index (χ0v) is 10.6. The summed E-state index contributed by atoms with van der Waals surface area (Å²) in [6, 6.07) is 8.77. The number of aryl methyl sites for hydroxylation is 1. The van der Waals surface area contributed by atoms with Gasteiger partial charge in [-0.1, -0.05) is 36.8 Å².